The molecule has 3 unspecified atom stereocenters. The molecule has 3 atom stereocenters. The van der Waals surface area contributed by atoms with Gasteiger partial charge in [-0.1, -0.05) is 25.5 Å². The summed E-state index contributed by atoms with van der Waals surface area (Å²) in [6.45, 7) is 3.82. The largest absolute Gasteiger partial charge is 0.618 e. The fourth-order valence-corrected chi connectivity index (χ4v) is 7.12. The van der Waals surface area contributed by atoms with Crippen LogP contribution in [0, 0.1) is 5.21 Å². The van der Waals surface area contributed by atoms with Crippen molar-refractivity contribution in [1.82, 2.24) is 14.5 Å². The fraction of sp³-hybridized carbons (Fsp3) is 0.407. The average Bonchev–Trinajstić information content (AvgIpc) is 3.64. The first-order valence-corrected chi connectivity index (χ1v) is 14.6. The molecular weight excluding hydrogens is 540 g/mol. The topological polar surface area (TPSA) is 153 Å². The van der Waals surface area contributed by atoms with Crippen molar-refractivity contribution in [2.75, 3.05) is 19.7 Å². The Hall–Kier alpha value is -3.97. The number of likely N-dealkylation sites (tertiary alicyclic amines) is 1. The van der Waals surface area contributed by atoms with E-state index in [1.807, 2.05) is 13.8 Å². The number of benzene rings is 1. The highest BCUT2D eigenvalue weighted by Gasteiger charge is 2.55. The van der Waals surface area contributed by atoms with E-state index in [2.05, 4.69) is 5.32 Å². The lowest BCUT2D eigenvalue weighted by molar-refractivity contribution is -0.646. The van der Waals surface area contributed by atoms with Gasteiger partial charge in [-0.25, -0.2) is 8.42 Å². The minimum Gasteiger partial charge on any atom is -0.618 e. The number of amides is 2. The van der Waals surface area contributed by atoms with Crippen molar-refractivity contribution in [3.8, 4) is 5.75 Å². The fourth-order valence-electron chi connectivity index (χ4n) is 5.47. The second-order valence-corrected chi connectivity index (χ2v) is 11.6. The zero-order valence-corrected chi connectivity index (χ0v) is 22.9. The molecule has 40 heavy (non-hydrogen) atoms. The van der Waals surface area contributed by atoms with Gasteiger partial charge in [0, 0.05) is 24.1 Å². The van der Waals surface area contributed by atoms with Crippen molar-refractivity contribution in [3.63, 3.8) is 0 Å². The zero-order valence-electron chi connectivity index (χ0n) is 22.1. The van der Waals surface area contributed by atoms with E-state index in [-0.39, 0.29) is 23.5 Å². The van der Waals surface area contributed by atoms with Gasteiger partial charge in [-0.2, -0.15) is 9.04 Å². The molecule has 212 valence electrons. The van der Waals surface area contributed by atoms with Gasteiger partial charge in [0.2, 0.25) is 5.91 Å². The Balaban J connectivity index is 1.35. The molecule has 13 heteroatoms. The van der Waals surface area contributed by atoms with E-state index in [9.17, 15) is 28.0 Å². The van der Waals surface area contributed by atoms with Crippen LogP contribution >= 0.6 is 0 Å². The molecule has 4 heterocycles. The van der Waals surface area contributed by atoms with Gasteiger partial charge in [0.05, 0.1) is 19.2 Å². The Kier molecular flexibility index (Phi) is 7.51. The van der Waals surface area contributed by atoms with E-state index in [1.54, 1.807) is 24.3 Å². The molecule has 5 rings (SSSR count). The number of ketones is 1. The summed E-state index contributed by atoms with van der Waals surface area (Å²) in [7, 11) is -4.28. The molecule has 2 aliphatic heterocycles. The predicted molar refractivity (Wildman–Crippen MR) is 142 cm³/mol. The Morgan fingerprint density at radius 2 is 2.02 bits per heavy atom. The second-order valence-electron chi connectivity index (χ2n) is 9.75. The van der Waals surface area contributed by atoms with Crippen LogP contribution in [0.1, 0.15) is 43.7 Å². The number of nitrogens with one attached hydrogen (secondary N) is 1. The van der Waals surface area contributed by atoms with Gasteiger partial charge in [-0.15, -0.1) is 0 Å². The molecule has 2 fully saturated rings. The van der Waals surface area contributed by atoms with Gasteiger partial charge < -0.3 is 24.6 Å². The van der Waals surface area contributed by atoms with Crippen LogP contribution in [0.2, 0.25) is 0 Å². The molecule has 0 spiro atoms. The van der Waals surface area contributed by atoms with Crippen LogP contribution in [0.3, 0.4) is 0 Å². The standard InChI is InChI=1S/C27H30N4O8S/c1-3-8-18(28-26(33)22-15-17-9-7-10-21(38-4-2)25(17)39-22)27(34)29-14-12-19-24(29)20(32)16-31(19)40(36,37)23-11-5-6-13-30(23)35/h5-7,9-11,13,15,18-19,24H,3-4,8,12,14,16H2,1-2H3,(H,28,33). The number of hydrogen-bond donors (Lipinski definition) is 1. The van der Waals surface area contributed by atoms with Crippen LogP contribution in [-0.2, 0) is 19.6 Å². The van der Waals surface area contributed by atoms with Crippen molar-refractivity contribution < 1.29 is 36.7 Å². The lowest BCUT2D eigenvalue weighted by Crippen LogP contribution is -2.52. The quantitative estimate of drug-likeness (QED) is 0.301. The molecule has 0 aliphatic carbocycles. The number of sulfonamides is 1. The lowest BCUT2D eigenvalue weighted by Gasteiger charge is -2.28. The van der Waals surface area contributed by atoms with Gasteiger partial charge >= 0.3 is 15.0 Å². The first-order chi connectivity index (χ1) is 19.2. The molecule has 3 aromatic rings. The molecule has 2 aliphatic rings. The second kappa shape index (κ2) is 10.9. The number of aromatic nitrogens is 1. The number of para-hydroxylation sites is 1. The third-order valence-corrected chi connectivity index (χ3v) is 9.10. The van der Waals surface area contributed by atoms with Crippen LogP contribution in [0.15, 0.2) is 58.1 Å². The monoisotopic (exact) mass is 570 g/mol. The number of Topliss-reactive ketones (excluding diaryl/α,β-unsaturated/α-hetero) is 1. The van der Waals surface area contributed by atoms with Gasteiger partial charge in [0.1, 0.15) is 12.1 Å². The van der Waals surface area contributed by atoms with E-state index in [1.165, 1.54) is 23.1 Å². The summed E-state index contributed by atoms with van der Waals surface area (Å²) in [5.41, 5.74) is 0.422. The van der Waals surface area contributed by atoms with Crippen LogP contribution in [0.25, 0.3) is 11.0 Å². The first-order valence-electron chi connectivity index (χ1n) is 13.2. The van der Waals surface area contributed by atoms with Gasteiger partial charge in [-0.3, -0.25) is 14.4 Å². The third kappa shape index (κ3) is 4.79. The number of hydrogen-bond acceptors (Lipinski definition) is 8. The summed E-state index contributed by atoms with van der Waals surface area (Å²) in [4.78, 5) is 41.2. The van der Waals surface area contributed by atoms with E-state index in [0.717, 1.165) is 10.5 Å². The van der Waals surface area contributed by atoms with Gasteiger partial charge in [0.15, 0.2) is 29.1 Å². The van der Waals surface area contributed by atoms with Crippen molar-refractivity contribution >= 4 is 38.6 Å². The summed E-state index contributed by atoms with van der Waals surface area (Å²) < 4.78 is 39.1. The maximum atomic E-state index is 13.7. The molecule has 2 amide bonds. The maximum Gasteiger partial charge on any atom is 0.323 e. The van der Waals surface area contributed by atoms with Crippen molar-refractivity contribution in [2.24, 2.45) is 0 Å². The molecule has 1 N–H and O–H groups in total. The van der Waals surface area contributed by atoms with E-state index < -0.39 is 57.3 Å². The third-order valence-electron chi connectivity index (χ3n) is 7.23. The molecule has 0 saturated carbocycles. The summed E-state index contributed by atoms with van der Waals surface area (Å²) in [6, 6.07) is 8.15. The number of nitrogens with zero attached hydrogens (tertiary/aromatic N) is 3. The van der Waals surface area contributed by atoms with Crippen molar-refractivity contribution in [1.29, 1.82) is 0 Å². The van der Waals surface area contributed by atoms with Gasteiger partial charge in [-0.05, 0) is 38.0 Å². The van der Waals surface area contributed by atoms with E-state index in [4.69, 9.17) is 9.15 Å². The molecule has 12 nitrogen and oxygen atoms in total. The van der Waals surface area contributed by atoms with Crippen LogP contribution in [0.5, 0.6) is 5.75 Å². The van der Waals surface area contributed by atoms with Gasteiger partial charge in [0.25, 0.3) is 5.91 Å². The van der Waals surface area contributed by atoms with Crippen LogP contribution in [-0.4, -0.2) is 73.0 Å². The highest BCUT2D eigenvalue weighted by molar-refractivity contribution is 7.89. The van der Waals surface area contributed by atoms with E-state index >= 15 is 0 Å². The normalized spacial score (nSPS) is 20.1. The number of pyridine rings is 1. The lowest BCUT2D eigenvalue weighted by atomic mass is 10.1. The molecule has 1 aromatic carbocycles. The highest BCUT2D eigenvalue weighted by atomic mass is 32.2. The maximum absolute atomic E-state index is 13.7. The predicted octanol–water partition coefficient (Wildman–Crippen LogP) is 1.61. The number of fused-ring (bicyclic) bond motifs is 2. The summed E-state index contributed by atoms with van der Waals surface area (Å²) in [5.74, 6) is -0.985. The molecule has 0 bridgehead atoms. The molecule has 2 aromatic heterocycles. The van der Waals surface area contributed by atoms with E-state index in [0.29, 0.717) is 36.2 Å². The number of carbonyl (C=O) groups is 3. The minimum absolute atomic E-state index is 0.0124. The highest BCUT2D eigenvalue weighted by Crippen LogP contribution is 2.34. The van der Waals surface area contributed by atoms with Crippen LogP contribution < -0.4 is 14.8 Å². The Labute approximate surface area is 231 Å². The molecular formula is C27H30N4O8S. The number of rotatable bonds is 9. The Morgan fingerprint density at radius 3 is 2.75 bits per heavy atom. The number of ether oxygens (including phenoxy) is 1. The van der Waals surface area contributed by atoms with Crippen molar-refractivity contribution in [3.05, 3.63) is 59.6 Å². The molecule has 0 radical (unpaired) electrons. The Bertz CT molecular complexity index is 1570. The molecule has 2 saturated heterocycles. The van der Waals surface area contributed by atoms with Crippen LogP contribution in [0.4, 0.5) is 0 Å². The minimum atomic E-state index is -4.28. The van der Waals surface area contributed by atoms with Crippen molar-refractivity contribution in [2.45, 2.75) is 56.3 Å². The SMILES string of the molecule is CCCC(NC(=O)c1cc2cccc(OCC)c2o1)C(=O)N1CCC2C1C(=O)CN2S(=O)(=O)c1cccc[n+]1[O-]. The Morgan fingerprint density at radius 1 is 1.23 bits per heavy atom. The summed E-state index contributed by atoms with van der Waals surface area (Å²) >= 11 is 0. The smallest absolute Gasteiger partial charge is 0.323 e. The first kappa shape index (κ1) is 27.6. The summed E-state index contributed by atoms with van der Waals surface area (Å²) in [6.07, 6.45) is 2.17. The zero-order chi connectivity index (χ0) is 28.6. The average molecular weight is 571 g/mol. The summed E-state index contributed by atoms with van der Waals surface area (Å²) in [5, 5.41) is 15.1. The number of carbonyl (C=O) groups excluding carboxylic acids is 3. The number of furan rings is 1.